The van der Waals surface area contributed by atoms with Crippen molar-refractivity contribution in [2.24, 2.45) is 0 Å². The summed E-state index contributed by atoms with van der Waals surface area (Å²) < 4.78 is 5.32. The van der Waals surface area contributed by atoms with Crippen LogP contribution in [0.4, 0.5) is 5.69 Å². The molecule has 0 aliphatic carbocycles. The molecule has 2 amide bonds. The summed E-state index contributed by atoms with van der Waals surface area (Å²) in [5.74, 6) is -1.51. The van der Waals surface area contributed by atoms with Gasteiger partial charge in [-0.15, -0.1) is 0 Å². The number of nitro groups is 1. The molecule has 9 nitrogen and oxygen atoms in total. The van der Waals surface area contributed by atoms with Gasteiger partial charge in [0.1, 0.15) is 23.7 Å². The first-order valence-electron chi connectivity index (χ1n) is 10.1. The lowest BCUT2D eigenvalue weighted by Gasteiger charge is -2.45. The monoisotopic (exact) mass is 469 g/mol. The summed E-state index contributed by atoms with van der Waals surface area (Å²) in [5, 5.41) is 12.7. The van der Waals surface area contributed by atoms with E-state index in [-0.39, 0.29) is 30.3 Å². The second-order valence-electron chi connectivity index (χ2n) is 7.68. The number of thiol groups is 1. The Morgan fingerprint density at radius 3 is 2.27 bits per heavy atom. The van der Waals surface area contributed by atoms with Crippen LogP contribution in [-0.4, -0.2) is 39.0 Å². The molecule has 2 aromatic rings. The molecule has 1 fully saturated rings. The molecule has 1 saturated heterocycles. The molecule has 0 bridgehead atoms. The summed E-state index contributed by atoms with van der Waals surface area (Å²) >= 11 is 4.42. The molecule has 1 N–H and O–H groups in total. The number of non-ortho nitro benzene ring substituents is 1. The molecule has 0 spiro atoms. The van der Waals surface area contributed by atoms with E-state index in [1.807, 2.05) is 30.3 Å². The van der Waals surface area contributed by atoms with Crippen molar-refractivity contribution in [1.82, 2.24) is 10.2 Å². The highest BCUT2D eigenvalue weighted by atomic mass is 32.1. The predicted octanol–water partition coefficient (Wildman–Crippen LogP) is 2.76. The zero-order valence-corrected chi connectivity index (χ0v) is 19.0. The van der Waals surface area contributed by atoms with Crippen molar-refractivity contribution in [2.75, 3.05) is 0 Å². The van der Waals surface area contributed by atoms with Crippen LogP contribution in [-0.2, 0) is 32.1 Å². The smallest absolute Gasteiger partial charge is 0.355 e. The first kappa shape index (κ1) is 24.0. The second-order valence-corrected chi connectivity index (χ2v) is 8.21. The number of β-lactam (4-membered cyclic amide) rings is 1. The number of carbonyl (C=O) groups excluding carboxylic acids is 3. The lowest BCUT2D eigenvalue weighted by Crippen LogP contribution is -2.68. The third kappa shape index (κ3) is 5.58. The molecular weight excluding hydrogens is 446 g/mol. The van der Waals surface area contributed by atoms with Crippen molar-refractivity contribution in [3.05, 3.63) is 87.1 Å². The third-order valence-corrected chi connectivity index (χ3v) is 5.54. The molecule has 1 aliphatic rings. The second kappa shape index (κ2) is 10.3. The van der Waals surface area contributed by atoms with Crippen molar-refractivity contribution in [1.29, 1.82) is 0 Å². The summed E-state index contributed by atoms with van der Waals surface area (Å²) in [5.41, 5.74) is 1.90. The minimum Gasteiger partial charge on any atom is -0.456 e. The predicted molar refractivity (Wildman–Crippen MR) is 123 cm³/mol. The maximum atomic E-state index is 12.7. The first-order chi connectivity index (χ1) is 15.7. The number of allylic oxidation sites excluding steroid dienone is 1. The van der Waals surface area contributed by atoms with E-state index in [9.17, 15) is 24.5 Å². The number of carbonyl (C=O) groups is 3. The van der Waals surface area contributed by atoms with Crippen LogP contribution in [0.1, 0.15) is 25.0 Å². The van der Waals surface area contributed by atoms with Crippen molar-refractivity contribution in [2.45, 2.75) is 38.3 Å². The minimum atomic E-state index is -0.860. The highest BCUT2D eigenvalue weighted by Gasteiger charge is 2.50. The van der Waals surface area contributed by atoms with E-state index < -0.39 is 28.2 Å². The van der Waals surface area contributed by atoms with E-state index in [4.69, 9.17) is 4.74 Å². The number of amides is 2. The van der Waals surface area contributed by atoms with E-state index in [1.54, 1.807) is 13.8 Å². The summed E-state index contributed by atoms with van der Waals surface area (Å²) in [6.45, 7) is 3.21. The Bertz CT molecular complexity index is 1100. The van der Waals surface area contributed by atoms with Crippen LogP contribution in [0.5, 0.6) is 0 Å². The van der Waals surface area contributed by atoms with Gasteiger partial charge in [-0.25, -0.2) is 4.79 Å². The Balaban J connectivity index is 1.60. The number of nitrogens with zero attached hydrogens (tertiary/aromatic N) is 2. The number of nitrogens with one attached hydrogen (secondary N) is 1. The Morgan fingerprint density at radius 1 is 1.09 bits per heavy atom. The van der Waals surface area contributed by atoms with E-state index in [1.165, 1.54) is 29.2 Å². The summed E-state index contributed by atoms with van der Waals surface area (Å²) in [7, 11) is 0. The minimum absolute atomic E-state index is 0.0514. The van der Waals surface area contributed by atoms with Crippen LogP contribution in [0.2, 0.25) is 0 Å². The van der Waals surface area contributed by atoms with E-state index in [0.717, 1.165) is 5.56 Å². The molecule has 3 rings (SSSR count). The van der Waals surface area contributed by atoms with Gasteiger partial charge in [0.25, 0.3) is 11.6 Å². The van der Waals surface area contributed by atoms with Gasteiger partial charge in [0.05, 0.1) is 11.3 Å². The fourth-order valence-corrected chi connectivity index (χ4v) is 3.76. The fraction of sp³-hybridized carbons (Fsp3) is 0.261. The highest BCUT2D eigenvalue weighted by molar-refractivity contribution is 7.81. The zero-order valence-electron chi connectivity index (χ0n) is 18.1. The average Bonchev–Trinajstić information content (AvgIpc) is 2.79. The van der Waals surface area contributed by atoms with Crippen LogP contribution in [0, 0.1) is 10.1 Å². The first-order valence-corrected chi connectivity index (χ1v) is 10.6. The molecule has 33 heavy (non-hydrogen) atoms. The Kier molecular flexibility index (Phi) is 7.49. The Hall–Kier alpha value is -3.66. The number of ether oxygens (including phenoxy) is 1. The van der Waals surface area contributed by atoms with Gasteiger partial charge in [0, 0.05) is 12.1 Å². The van der Waals surface area contributed by atoms with Crippen LogP contribution >= 0.6 is 12.6 Å². The van der Waals surface area contributed by atoms with Crippen LogP contribution in [0.25, 0.3) is 0 Å². The van der Waals surface area contributed by atoms with E-state index >= 15 is 0 Å². The molecule has 2 unspecified atom stereocenters. The largest absolute Gasteiger partial charge is 0.456 e. The number of hydrogen-bond acceptors (Lipinski definition) is 7. The molecular formula is C23H23N3O6S. The van der Waals surface area contributed by atoms with Gasteiger partial charge in [0.2, 0.25) is 5.91 Å². The van der Waals surface area contributed by atoms with Crippen molar-refractivity contribution in [3.63, 3.8) is 0 Å². The van der Waals surface area contributed by atoms with Gasteiger partial charge in [-0.3, -0.25) is 24.6 Å². The zero-order chi connectivity index (χ0) is 24.1. The Morgan fingerprint density at radius 2 is 1.73 bits per heavy atom. The summed E-state index contributed by atoms with van der Waals surface area (Å²) in [4.78, 5) is 49.2. The van der Waals surface area contributed by atoms with Crippen molar-refractivity contribution in [3.8, 4) is 0 Å². The number of nitro benzene ring substituents is 1. The maximum Gasteiger partial charge on any atom is 0.355 e. The average molecular weight is 470 g/mol. The highest BCUT2D eigenvalue weighted by Crippen LogP contribution is 2.30. The Labute approximate surface area is 196 Å². The molecule has 1 aliphatic heterocycles. The van der Waals surface area contributed by atoms with Crippen LogP contribution < -0.4 is 5.32 Å². The number of benzene rings is 2. The SMILES string of the molecule is CC(C)=C(C(=O)OCc1ccc([N+](=O)[O-])cc1)N1C(=O)C(NC(=O)Cc2ccccc2)C1S. The normalized spacial score (nSPS) is 17.1. The lowest BCUT2D eigenvalue weighted by atomic mass is 10.0. The molecule has 0 saturated carbocycles. The van der Waals surface area contributed by atoms with E-state index in [2.05, 4.69) is 17.9 Å². The number of hydrogen-bond donors (Lipinski definition) is 2. The van der Waals surface area contributed by atoms with Gasteiger partial charge < -0.3 is 10.1 Å². The number of rotatable bonds is 8. The van der Waals surface area contributed by atoms with Gasteiger partial charge >= 0.3 is 5.97 Å². The fourth-order valence-electron chi connectivity index (χ4n) is 3.33. The van der Waals surface area contributed by atoms with Crippen molar-refractivity contribution >= 4 is 36.1 Å². The summed E-state index contributed by atoms with van der Waals surface area (Å²) in [6.07, 6.45) is 0.123. The maximum absolute atomic E-state index is 12.7. The quantitative estimate of drug-likeness (QED) is 0.153. The standard InChI is InChI=1S/C23H23N3O6S/c1-14(2)20(23(29)32-13-16-8-10-17(11-9-16)26(30)31)25-21(28)19(22(25)33)24-18(27)12-15-6-4-3-5-7-15/h3-11,19,22,33H,12-13H2,1-2H3,(H,24,27). The molecule has 2 atom stereocenters. The summed E-state index contributed by atoms with van der Waals surface area (Å²) in [6, 6.07) is 13.9. The van der Waals surface area contributed by atoms with Gasteiger partial charge in [0.15, 0.2) is 0 Å². The van der Waals surface area contributed by atoms with Crippen LogP contribution in [0.15, 0.2) is 65.9 Å². The molecule has 10 heteroatoms. The third-order valence-electron chi connectivity index (χ3n) is 5.02. The van der Waals surface area contributed by atoms with Gasteiger partial charge in [-0.1, -0.05) is 30.3 Å². The molecule has 0 aromatic heterocycles. The van der Waals surface area contributed by atoms with Crippen molar-refractivity contribution < 1.29 is 24.0 Å². The number of likely N-dealkylation sites (tertiary alicyclic amines) is 1. The molecule has 2 aromatic carbocycles. The van der Waals surface area contributed by atoms with Crippen LogP contribution in [0.3, 0.4) is 0 Å². The lowest BCUT2D eigenvalue weighted by molar-refractivity contribution is -0.384. The molecule has 172 valence electrons. The number of esters is 1. The molecule has 0 radical (unpaired) electrons. The molecule has 1 heterocycles. The van der Waals surface area contributed by atoms with E-state index in [0.29, 0.717) is 11.1 Å². The topological polar surface area (TPSA) is 119 Å². The van der Waals surface area contributed by atoms with Gasteiger partial charge in [-0.05, 0) is 42.7 Å². The van der Waals surface area contributed by atoms with Gasteiger partial charge in [-0.2, -0.15) is 12.6 Å².